The SMILES string of the molecule is CCOC(=O)c1cccc(NC(=O)c2ccc(N3CCCCC3)cc2)c1. The summed E-state index contributed by atoms with van der Waals surface area (Å²) in [5, 5.41) is 2.83. The van der Waals surface area contributed by atoms with Crippen LogP contribution in [-0.4, -0.2) is 31.6 Å². The Balaban J connectivity index is 1.66. The summed E-state index contributed by atoms with van der Waals surface area (Å²) in [6, 6.07) is 14.4. The van der Waals surface area contributed by atoms with Crippen molar-refractivity contribution in [2.24, 2.45) is 0 Å². The van der Waals surface area contributed by atoms with Crippen molar-refractivity contribution in [3.8, 4) is 0 Å². The maximum Gasteiger partial charge on any atom is 0.338 e. The van der Waals surface area contributed by atoms with Gasteiger partial charge >= 0.3 is 5.97 Å². The summed E-state index contributed by atoms with van der Waals surface area (Å²) in [4.78, 5) is 26.6. The Hall–Kier alpha value is -2.82. The molecule has 0 bridgehead atoms. The molecule has 5 nitrogen and oxygen atoms in total. The maximum absolute atomic E-state index is 12.5. The number of ether oxygens (including phenoxy) is 1. The minimum absolute atomic E-state index is 0.198. The Morgan fingerprint density at radius 3 is 2.42 bits per heavy atom. The fourth-order valence-corrected chi connectivity index (χ4v) is 3.12. The van der Waals surface area contributed by atoms with Crippen LogP contribution in [0.25, 0.3) is 0 Å². The first kappa shape index (κ1) is 18.0. The molecule has 0 aromatic heterocycles. The standard InChI is InChI=1S/C21H24N2O3/c1-2-26-21(25)17-7-6-8-18(15-17)22-20(24)16-9-11-19(12-10-16)23-13-4-3-5-14-23/h6-12,15H,2-5,13-14H2,1H3,(H,22,24). The molecular weight excluding hydrogens is 328 g/mol. The zero-order valence-corrected chi connectivity index (χ0v) is 15.0. The first-order valence-electron chi connectivity index (χ1n) is 9.11. The topological polar surface area (TPSA) is 58.6 Å². The van der Waals surface area contributed by atoms with Crippen molar-refractivity contribution < 1.29 is 14.3 Å². The zero-order chi connectivity index (χ0) is 18.4. The predicted octanol–water partition coefficient (Wildman–Crippen LogP) is 4.11. The molecule has 0 spiro atoms. The van der Waals surface area contributed by atoms with Crippen molar-refractivity contribution in [2.75, 3.05) is 29.9 Å². The Morgan fingerprint density at radius 1 is 1.00 bits per heavy atom. The van der Waals surface area contributed by atoms with Gasteiger partial charge in [-0.25, -0.2) is 4.79 Å². The van der Waals surface area contributed by atoms with Gasteiger partial charge in [-0.3, -0.25) is 4.79 Å². The highest BCUT2D eigenvalue weighted by molar-refractivity contribution is 6.05. The lowest BCUT2D eigenvalue weighted by Crippen LogP contribution is -2.29. The molecule has 0 saturated carbocycles. The quantitative estimate of drug-likeness (QED) is 0.823. The van der Waals surface area contributed by atoms with Gasteiger partial charge in [0.05, 0.1) is 12.2 Å². The monoisotopic (exact) mass is 352 g/mol. The molecule has 0 radical (unpaired) electrons. The third kappa shape index (κ3) is 4.42. The first-order chi connectivity index (χ1) is 12.7. The third-order valence-electron chi connectivity index (χ3n) is 4.48. The van der Waals surface area contributed by atoms with E-state index >= 15 is 0 Å². The maximum atomic E-state index is 12.5. The van der Waals surface area contributed by atoms with Crippen LogP contribution in [0.2, 0.25) is 0 Å². The molecule has 1 aliphatic rings. The largest absolute Gasteiger partial charge is 0.462 e. The minimum Gasteiger partial charge on any atom is -0.462 e. The van der Waals surface area contributed by atoms with E-state index in [0.29, 0.717) is 23.4 Å². The highest BCUT2D eigenvalue weighted by Crippen LogP contribution is 2.21. The lowest BCUT2D eigenvalue weighted by Gasteiger charge is -2.28. The molecule has 2 aromatic rings. The third-order valence-corrected chi connectivity index (χ3v) is 4.48. The van der Waals surface area contributed by atoms with Gasteiger partial charge in [-0.1, -0.05) is 6.07 Å². The number of piperidine rings is 1. The minimum atomic E-state index is -0.394. The number of carbonyl (C=O) groups is 2. The van der Waals surface area contributed by atoms with Crippen molar-refractivity contribution in [3.63, 3.8) is 0 Å². The molecule has 2 aromatic carbocycles. The van der Waals surface area contributed by atoms with E-state index in [-0.39, 0.29) is 5.91 Å². The van der Waals surface area contributed by atoms with Crippen molar-refractivity contribution in [2.45, 2.75) is 26.2 Å². The summed E-state index contributed by atoms with van der Waals surface area (Å²) in [5.41, 5.74) is 2.74. The van der Waals surface area contributed by atoms with E-state index in [9.17, 15) is 9.59 Å². The number of esters is 1. The fraction of sp³-hybridized carbons (Fsp3) is 0.333. The summed E-state index contributed by atoms with van der Waals surface area (Å²) in [7, 11) is 0. The fourth-order valence-electron chi connectivity index (χ4n) is 3.12. The summed E-state index contributed by atoms with van der Waals surface area (Å²) in [6.07, 6.45) is 3.74. The number of rotatable bonds is 5. The van der Waals surface area contributed by atoms with Crippen LogP contribution in [0.15, 0.2) is 48.5 Å². The van der Waals surface area contributed by atoms with Gasteiger partial charge in [-0.05, 0) is 68.7 Å². The summed E-state index contributed by atoms with van der Waals surface area (Å²) in [6.45, 7) is 4.23. The van der Waals surface area contributed by atoms with Gasteiger partial charge in [0.25, 0.3) is 5.91 Å². The molecule has 1 N–H and O–H groups in total. The van der Waals surface area contributed by atoms with E-state index in [1.54, 1.807) is 31.2 Å². The summed E-state index contributed by atoms with van der Waals surface area (Å²) in [5.74, 6) is -0.592. The number of amides is 1. The van der Waals surface area contributed by atoms with Crippen LogP contribution in [0.5, 0.6) is 0 Å². The summed E-state index contributed by atoms with van der Waals surface area (Å²) < 4.78 is 4.99. The average molecular weight is 352 g/mol. The highest BCUT2D eigenvalue weighted by atomic mass is 16.5. The Labute approximate surface area is 154 Å². The lowest BCUT2D eigenvalue weighted by molar-refractivity contribution is 0.0526. The molecule has 26 heavy (non-hydrogen) atoms. The van der Waals surface area contributed by atoms with Crippen molar-refractivity contribution in [3.05, 3.63) is 59.7 Å². The van der Waals surface area contributed by atoms with Gasteiger partial charge in [0.1, 0.15) is 0 Å². The number of nitrogens with one attached hydrogen (secondary N) is 1. The van der Waals surface area contributed by atoms with Gasteiger partial charge in [0, 0.05) is 30.0 Å². The summed E-state index contributed by atoms with van der Waals surface area (Å²) >= 11 is 0. The van der Waals surface area contributed by atoms with Crippen molar-refractivity contribution >= 4 is 23.3 Å². The number of hydrogen-bond acceptors (Lipinski definition) is 4. The van der Waals surface area contributed by atoms with E-state index in [0.717, 1.165) is 18.8 Å². The number of anilines is 2. The molecule has 1 aliphatic heterocycles. The van der Waals surface area contributed by atoms with Gasteiger partial charge in [-0.2, -0.15) is 0 Å². The Kier molecular flexibility index (Phi) is 5.89. The van der Waals surface area contributed by atoms with Crippen LogP contribution in [0.1, 0.15) is 46.9 Å². The lowest BCUT2D eigenvalue weighted by atomic mass is 10.1. The van der Waals surface area contributed by atoms with Crippen LogP contribution >= 0.6 is 0 Å². The van der Waals surface area contributed by atoms with Crippen molar-refractivity contribution in [1.82, 2.24) is 0 Å². The second-order valence-corrected chi connectivity index (χ2v) is 6.35. The second kappa shape index (κ2) is 8.52. The molecule has 136 valence electrons. The number of carbonyl (C=O) groups excluding carboxylic acids is 2. The van der Waals surface area contributed by atoms with Gasteiger partial charge in [0.2, 0.25) is 0 Å². The second-order valence-electron chi connectivity index (χ2n) is 6.35. The van der Waals surface area contributed by atoms with E-state index in [1.165, 1.54) is 19.3 Å². The van der Waals surface area contributed by atoms with Crippen LogP contribution in [0.4, 0.5) is 11.4 Å². The number of benzene rings is 2. The Morgan fingerprint density at radius 2 is 1.73 bits per heavy atom. The molecular formula is C21H24N2O3. The normalized spacial score (nSPS) is 14.0. The van der Waals surface area contributed by atoms with Crippen LogP contribution in [-0.2, 0) is 4.74 Å². The molecule has 0 atom stereocenters. The van der Waals surface area contributed by atoms with Crippen LogP contribution < -0.4 is 10.2 Å². The number of hydrogen-bond donors (Lipinski definition) is 1. The van der Waals surface area contributed by atoms with E-state index in [4.69, 9.17) is 4.74 Å². The molecule has 1 amide bonds. The number of nitrogens with zero attached hydrogens (tertiary/aromatic N) is 1. The molecule has 3 rings (SSSR count). The predicted molar refractivity (Wildman–Crippen MR) is 103 cm³/mol. The van der Waals surface area contributed by atoms with Crippen molar-refractivity contribution in [1.29, 1.82) is 0 Å². The average Bonchev–Trinajstić information content (AvgIpc) is 2.69. The smallest absolute Gasteiger partial charge is 0.338 e. The molecule has 0 unspecified atom stereocenters. The molecule has 0 aliphatic carbocycles. The highest BCUT2D eigenvalue weighted by Gasteiger charge is 2.13. The van der Waals surface area contributed by atoms with Gasteiger partial charge in [0.15, 0.2) is 0 Å². The van der Waals surface area contributed by atoms with E-state index in [2.05, 4.69) is 10.2 Å². The Bertz CT molecular complexity index is 765. The zero-order valence-electron chi connectivity index (χ0n) is 15.0. The molecule has 1 heterocycles. The van der Waals surface area contributed by atoms with E-state index < -0.39 is 5.97 Å². The molecule has 5 heteroatoms. The van der Waals surface area contributed by atoms with Crippen LogP contribution in [0, 0.1) is 0 Å². The first-order valence-corrected chi connectivity index (χ1v) is 9.11. The molecule has 1 fully saturated rings. The van der Waals surface area contributed by atoms with Gasteiger partial charge in [-0.15, -0.1) is 0 Å². The van der Waals surface area contributed by atoms with Gasteiger partial charge < -0.3 is 15.0 Å². The molecule has 1 saturated heterocycles. The van der Waals surface area contributed by atoms with Crippen LogP contribution in [0.3, 0.4) is 0 Å². The van der Waals surface area contributed by atoms with E-state index in [1.807, 2.05) is 24.3 Å².